The second-order valence-electron chi connectivity index (χ2n) is 3.24. The average molecular weight is 215 g/mol. The Morgan fingerprint density at radius 3 is 2.00 bits per heavy atom. The summed E-state index contributed by atoms with van der Waals surface area (Å²) in [7, 11) is 0. The van der Waals surface area contributed by atoms with Gasteiger partial charge in [-0.1, -0.05) is 13.8 Å². The lowest BCUT2D eigenvalue weighted by Gasteiger charge is -2.16. The maximum atomic E-state index is 11.0. The third-order valence-electron chi connectivity index (χ3n) is 1.61. The molecule has 0 rings (SSSR count). The van der Waals surface area contributed by atoms with Crippen molar-refractivity contribution in [2.24, 2.45) is 5.92 Å². The summed E-state index contributed by atoms with van der Waals surface area (Å²) in [6.07, 6.45) is 1.43. The highest BCUT2D eigenvalue weighted by atomic mass is 16.4. The van der Waals surface area contributed by atoms with Crippen LogP contribution in [0.25, 0.3) is 0 Å². The molecular formula is C9H13NO5. The quantitative estimate of drug-likeness (QED) is 0.553. The van der Waals surface area contributed by atoms with E-state index in [4.69, 9.17) is 10.2 Å². The summed E-state index contributed by atoms with van der Waals surface area (Å²) in [5, 5.41) is 19.1. The number of hydrogen-bond acceptors (Lipinski definition) is 3. The number of carbonyl (C=O) groups excluding carboxylic acids is 1. The van der Waals surface area contributed by atoms with Gasteiger partial charge in [0.2, 0.25) is 5.91 Å². The highest BCUT2D eigenvalue weighted by Gasteiger charge is 2.22. The van der Waals surface area contributed by atoms with Crippen LogP contribution in [0.15, 0.2) is 12.2 Å². The summed E-state index contributed by atoms with van der Waals surface area (Å²) in [5.41, 5.74) is 0. The Morgan fingerprint density at radius 2 is 1.67 bits per heavy atom. The lowest BCUT2D eigenvalue weighted by Crippen LogP contribution is -2.43. The predicted octanol–water partition coefficient (Wildman–Crippen LogP) is -0.147. The number of amides is 1. The van der Waals surface area contributed by atoms with Gasteiger partial charge in [0.05, 0.1) is 0 Å². The molecule has 0 fully saturated rings. The number of carbonyl (C=O) groups is 3. The second kappa shape index (κ2) is 5.79. The lowest BCUT2D eigenvalue weighted by molar-refractivity contribution is -0.142. The monoisotopic (exact) mass is 215 g/mol. The van der Waals surface area contributed by atoms with Crippen LogP contribution in [-0.2, 0) is 14.4 Å². The number of rotatable bonds is 5. The molecule has 15 heavy (non-hydrogen) atoms. The minimum atomic E-state index is -1.26. The molecule has 3 N–H and O–H groups in total. The highest BCUT2D eigenvalue weighted by molar-refractivity contribution is 5.95. The van der Waals surface area contributed by atoms with Crippen LogP contribution in [0, 0.1) is 5.92 Å². The molecule has 0 spiro atoms. The van der Waals surface area contributed by atoms with Gasteiger partial charge in [0.25, 0.3) is 0 Å². The molecule has 0 aliphatic heterocycles. The zero-order valence-corrected chi connectivity index (χ0v) is 8.43. The van der Waals surface area contributed by atoms with E-state index < -0.39 is 23.9 Å². The number of hydrogen-bond donors (Lipinski definition) is 3. The fourth-order valence-corrected chi connectivity index (χ4v) is 0.862. The Bertz CT molecular complexity index is 295. The first-order valence-electron chi connectivity index (χ1n) is 4.29. The Labute approximate surface area is 86.6 Å². The summed E-state index contributed by atoms with van der Waals surface area (Å²) in [4.78, 5) is 31.8. The zero-order valence-electron chi connectivity index (χ0n) is 8.43. The van der Waals surface area contributed by atoms with Crippen molar-refractivity contribution < 1.29 is 24.6 Å². The Kier molecular flexibility index (Phi) is 5.08. The average Bonchev–Trinajstić information content (AvgIpc) is 2.09. The first-order valence-corrected chi connectivity index (χ1v) is 4.29. The van der Waals surface area contributed by atoms with Crippen LogP contribution in [0.1, 0.15) is 13.8 Å². The summed E-state index contributed by atoms with van der Waals surface area (Å²) < 4.78 is 0. The lowest BCUT2D eigenvalue weighted by atomic mass is 10.1. The minimum Gasteiger partial charge on any atom is -0.480 e. The fourth-order valence-electron chi connectivity index (χ4n) is 0.862. The summed E-state index contributed by atoms with van der Waals surface area (Å²) >= 11 is 0. The Morgan fingerprint density at radius 1 is 1.13 bits per heavy atom. The van der Waals surface area contributed by atoms with E-state index in [1.807, 2.05) is 0 Å². The smallest absolute Gasteiger partial charge is 0.328 e. The molecule has 1 amide bonds. The third kappa shape index (κ3) is 5.45. The molecule has 0 radical (unpaired) electrons. The van der Waals surface area contributed by atoms with Gasteiger partial charge in [0.15, 0.2) is 0 Å². The maximum absolute atomic E-state index is 11.0. The third-order valence-corrected chi connectivity index (χ3v) is 1.61. The van der Waals surface area contributed by atoms with E-state index >= 15 is 0 Å². The van der Waals surface area contributed by atoms with Crippen LogP contribution in [-0.4, -0.2) is 34.1 Å². The zero-order chi connectivity index (χ0) is 12.0. The first-order chi connectivity index (χ1) is 6.84. The van der Waals surface area contributed by atoms with Gasteiger partial charge in [-0.3, -0.25) is 4.79 Å². The van der Waals surface area contributed by atoms with E-state index in [-0.39, 0.29) is 5.92 Å². The Balaban J connectivity index is 4.37. The van der Waals surface area contributed by atoms with E-state index in [1.165, 1.54) is 0 Å². The maximum Gasteiger partial charge on any atom is 0.328 e. The summed E-state index contributed by atoms with van der Waals surface area (Å²) in [6.45, 7) is 3.28. The second-order valence-corrected chi connectivity index (χ2v) is 3.24. The van der Waals surface area contributed by atoms with E-state index in [1.54, 1.807) is 13.8 Å². The van der Waals surface area contributed by atoms with Crippen LogP contribution in [0.4, 0.5) is 0 Å². The van der Waals surface area contributed by atoms with Crippen molar-refractivity contribution in [2.45, 2.75) is 19.9 Å². The number of carboxylic acid groups (broad SMARTS) is 2. The van der Waals surface area contributed by atoms with Crippen molar-refractivity contribution in [2.75, 3.05) is 0 Å². The van der Waals surface area contributed by atoms with Gasteiger partial charge in [0, 0.05) is 12.2 Å². The summed E-state index contributed by atoms with van der Waals surface area (Å²) in [5.74, 6) is -3.42. The molecule has 84 valence electrons. The van der Waals surface area contributed by atoms with Crippen molar-refractivity contribution in [3.05, 3.63) is 12.2 Å². The van der Waals surface area contributed by atoms with Crippen LogP contribution in [0.5, 0.6) is 0 Å². The molecule has 0 aliphatic rings. The van der Waals surface area contributed by atoms with Crippen molar-refractivity contribution in [3.63, 3.8) is 0 Å². The van der Waals surface area contributed by atoms with Crippen molar-refractivity contribution in [3.8, 4) is 0 Å². The first kappa shape index (κ1) is 13.2. The van der Waals surface area contributed by atoms with Crippen LogP contribution in [0.3, 0.4) is 0 Å². The summed E-state index contributed by atoms with van der Waals surface area (Å²) in [6, 6.07) is -1.02. The molecule has 1 unspecified atom stereocenters. The number of nitrogens with one attached hydrogen (secondary N) is 1. The molecule has 0 saturated heterocycles. The molecule has 1 atom stereocenters. The largest absolute Gasteiger partial charge is 0.480 e. The van der Waals surface area contributed by atoms with Gasteiger partial charge in [-0.25, -0.2) is 9.59 Å². The van der Waals surface area contributed by atoms with Crippen LogP contribution in [0.2, 0.25) is 0 Å². The van der Waals surface area contributed by atoms with Gasteiger partial charge in [0.1, 0.15) is 6.04 Å². The molecule has 0 bridgehead atoms. The highest BCUT2D eigenvalue weighted by Crippen LogP contribution is 2.01. The van der Waals surface area contributed by atoms with Crippen molar-refractivity contribution in [1.82, 2.24) is 5.32 Å². The standard InChI is InChI=1S/C9H13NO5/c1-5(2)8(9(14)15)10-6(11)3-4-7(12)13/h3-5,8H,1-2H3,(H,10,11)(H,12,13)(H,14,15)/b4-3+. The fraction of sp³-hybridized carbons (Fsp3) is 0.444. The van der Waals surface area contributed by atoms with E-state index in [0.29, 0.717) is 6.08 Å². The molecule has 0 aromatic heterocycles. The van der Waals surface area contributed by atoms with Gasteiger partial charge in [-0.05, 0) is 5.92 Å². The number of aliphatic carboxylic acids is 2. The van der Waals surface area contributed by atoms with Gasteiger partial charge >= 0.3 is 11.9 Å². The molecule has 0 saturated carbocycles. The van der Waals surface area contributed by atoms with E-state index in [9.17, 15) is 14.4 Å². The van der Waals surface area contributed by atoms with E-state index in [2.05, 4.69) is 5.32 Å². The molecule has 0 aliphatic carbocycles. The van der Waals surface area contributed by atoms with E-state index in [0.717, 1.165) is 6.08 Å². The van der Waals surface area contributed by atoms with Crippen molar-refractivity contribution in [1.29, 1.82) is 0 Å². The van der Waals surface area contributed by atoms with Crippen molar-refractivity contribution >= 4 is 17.8 Å². The molecular weight excluding hydrogens is 202 g/mol. The molecule has 0 heterocycles. The molecule has 0 aromatic rings. The minimum absolute atomic E-state index is 0.273. The SMILES string of the molecule is CC(C)C(NC(=O)/C=C/C(=O)O)C(=O)O. The Hall–Kier alpha value is -1.85. The van der Waals surface area contributed by atoms with Crippen LogP contribution >= 0.6 is 0 Å². The predicted molar refractivity (Wildman–Crippen MR) is 51.2 cm³/mol. The molecule has 6 nitrogen and oxygen atoms in total. The topological polar surface area (TPSA) is 104 Å². The normalized spacial score (nSPS) is 12.7. The van der Waals surface area contributed by atoms with Gasteiger partial charge < -0.3 is 15.5 Å². The molecule has 6 heteroatoms. The van der Waals surface area contributed by atoms with Gasteiger partial charge in [-0.15, -0.1) is 0 Å². The number of carboxylic acids is 2. The molecule has 0 aromatic carbocycles. The van der Waals surface area contributed by atoms with Gasteiger partial charge in [-0.2, -0.15) is 0 Å². The van der Waals surface area contributed by atoms with Crippen LogP contribution < -0.4 is 5.32 Å².